The second-order valence-corrected chi connectivity index (χ2v) is 6.86. The number of Topliss-reactive ketones (excluding diaryl/α,β-unsaturated/α-hetero) is 1. The lowest BCUT2D eigenvalue weighted by Gasteiger charge is -2.32. The molecule has 5 nitrogen and oxygen atoms in total. The lowest BCUT2D eigenvalue weighted by molar-refractivity contribution is -0.130. The number of ketones is 1. The van der Waals surface area contributed by atoms with Crippen LogP contribution in [0.5, 0.6) is 0 Å². The highest BCUT2D eigenvalue weighted by atomic mass is 32.2. The van der Waals surface area contributed by atoms with E-state index in [0.29, 0.717) is 30.2 Å². The number of piperidine rings is 1. The lowest BCUT2D eigenvalue weighted by Crippen LogP contribution is -2.42. The first kappa shape index (κ1) is 19.0. The number of nitrogens with two attached hydrogens (primary N) is 1. The van der Waals surface area contributed by atoms with Crippen molar-refractivity contribution in [3.05, 3.63) is 35.9 Å². The van der Waals surface area contributed by atoms with Gasteiger partial charge in [-0.1, -0.05) is 30.3 Å². The molecular formula is C18H26N2O3S. The number of thioether (sulfide) groups is 1. The second-order valence-electron chi connectivity index (χ2n) is 5.88. The molecule has 1 fully saturated rings. The number of carbonyl (C=O) groups is 2. The molecule has 2 rings (SSSR count). The van der Waals surface area contributed by atoms with Crippen molar-refractivity contribution in [1.29, 1.82) is 0 Å². The fourth-order valence-corrected chi connectivity index (χ4v) is 3.45. The maximum absolute atomic E-state index is 12.2. The number of nitrogens with zero attached hydrogens (tertiary/aromatic N) is 1. The number of ether oxygens (including phenoxy) is 1. The predicted molar refractivity (Wildman–Crippen MR) is 97.3 cm³/mol. The van der Waals surface area contributed by atoms with Gasteiger partial charge in [0.25, 0.3) is 0 Å². The summed E-state index contributed by atoms with van der Waals surface area (Å²) in [5.41, 5.74) is 6.15. The SMILES string of the molecule is NCCCOC1CCN(C(=O)CSCC(=O)c2ccccc2)CC1. The lowest BCUT2D eigenvalue weighted by atomic mass is 10.1. The minimum atomic E-state index is 0.0698. The van der Waals surface area contributed by atoms with E-state index in [2.05, 4.69) is 0 Å². The van der Waals surface area contributed by atoms with E-state index < -0.39 is 0 Å². The topological polar surface area (TPSA) is 72.6 Å². The van der Waals surface area contributed by atoms with Crippen molar-refractivity contribution in [3.63, 3.8) is 0 Å². The molecule has 1 heterocycles. The van der Waals surface area contributed by atoms with Gasteiger partial charge in [-0.25, -0.2) is 0 Å². The molecule has 0 bridgehead atoms. The summed E-state index contributed by atoms with van der Waals surface area (Å²) in [6.07, 6.45) is 2.88. The maximum Gasteiger partial charge on any atom is 0.232 e. The summed E-state index contributed by atoms with van der Waals surface area (Å²) in [5.74, 6) is 0.882. The molecule has 1 amide bonds. The Morgan fingerprint density at radius 2 is 1.88 bits per heavy atom. The van der Waals surface area contributed by atoms with Gasteiger partial charge in [0.05, 0.1) is 17.6 Å². The van der Waals surface area contributed by atoms with Crippen LogP contribution in [-0.4, -0.2) is 60.4 Å². The quantitative estimate of drug-likeness (QED) is 0.544. The fourth-order valence-electron chi connectivity index (χ4n) is 2.63. The van der Waals surface area contributed by atoms with E-state index in [0.717, 1.165) is 32.4 Å². The number of likely N-dealkylation sites (tertiary alicyclic amines) is 1. The van der Waals surface area contributed by atoms with Gasteiger partial charge in [-0.2, -0.15) is 0 Å². The van der Waals surface area contributed by atoms with Gasteiger partial charge in [-0.3, -0.25) is 9.59 Å². The van der Waals surface area contributed by atoms with Crippen molar-refractivity contribution in [2.75, 3.05) is 37.7 Å². The first-order valence-electron chi connectivity index (χ1n) is 8.46. The van der Waals surface area contributed by atoms with Crippen LogP contribution in [0.4, 0.5) is 0 Å². The molecule has 0 aliphatic carbocycles. The Bertz CT molecular complexity index is 516. The molecule has 2 N–H and O–H groups in total. The molecule has 1 aliphatic rings. The normalized spacial score (nSPS) is 15.5. The van der Waals surface area contributed by atoms with E-state index >= 15 is 0 Å². The monoisotopic (exact) mass is 350 g/mol. The average molecular weight is 350 g/mol. The van der Waals surface area contributed by atoms with Crippen molar-refractivity contribution < 1.29 is 14.3 Å². The minimum Gasteiger partial charge on any atom is -0.378 e. The molecule has 6 heteroatoms. The molecular weight excluding hydrogens is 324 g/mol. The first-order chi connectivity index (χ1) is 11.7. The smallest absolute Gasteiger partial charge is 0.232 e. The average Bonchev–Trinajstić information content (AvgIpc) is 2.63. The van der Waals surface area contributed by atoms with Crippen LogP contribution in [0, 0.1) is 0 Å². The molecule has 0 saturated carbocycles. The predicted octanol–water partition coefficient (Wildman–Crippen LogP) is 1.96. The maximum atomic E-state index is 12.2. The van der Waals surface area contributed by atoms with Crippen LogP contribution in [0.25, 0.3) is 0 Å². The van der Waals surface area contributed by atoms with E-state index in [1.54, 1.807) is 12.1 Å². The molecule has 0 radical (unpaired) electrons. The van der Waals surface area contributed by atoms with Crippen LogP contribution in [-0.2, 0) is 9.53 Å². The molecule has 0 spiro atoms. The van der Waals surface area contributed by atoms with E-state index in [-0.39, 0.29) is 17.8 Å². The van der Waals surface area contributed by atoms with E-state index in [1.807, 2.05) is 23.1 Å². The molecule has 0 atom stereocenters. The summed E-state index contributed by atoms with van der Waals surface area (Å²) in [6.45, 7) is 2.82. The van der Waals surface area contributed by atoms with Crippen LogP contribution in [0.2, 0.25) is 0 Å². The highest BCUT2D eigenvalue weighted by molar-refractivity contribution is 8.00. The summed E-state index contributed by atoms with van der Waals surface area (Å²) in [4.78, 5) is 26.1. The van der Waals surface area contributed by atoms with E-state index in [1.165, 1.54) is 11.8 Å². The molecule has 1 saturated heterocycles. The van der Waals surface area contributed by atoms with Gasteiger partial charge in [0.2, 0.25) is 5.91 Å². The Kier molecular flexibility index (Phi) is 8.28. The second kappa shape index (κ2) is 10.5. The number of rotatable bonds is 9. The van der Waals surface area contributed by atoms with Gasteiger partial charge < -0.3 is 15.4 Å². The molecule has 0 unspecified atom stereocenters. The van der Waals surface area contributed by atoms with Crippen LogP contribution in [0.15, 0.2) is 30.3 Å². The highest BCUT2D eigenvalue weighted by Crippen LogP contribution is 2.16. The fraction of sp³-hybridized carbons (Fsp3) is 0.556. The molecule has 1 aromatic rings. The summed E-state index contributed by atoms with van der Waals surface area (Å²) < 4.78 is 5.75. The Hall–Kier alpha value is -1.37. The van der Waals surface area contributed by atoms with Gasteiger partial charge in [-0.15, -0.1) is 11.8 Å². The standard InChI is InChI=1S/C18H26N2O3S/c19-9-4-12-23-16-7-10-20(11-8-16)18(22)14-24-13-17(21)15-5-2-1-3-6-15/h1-3,5-6,16H,4,7-14,19H2. The third kappa shape index (κ3) is 6.26. The van der Waals surface area contributed by atoms with Crippen molar-refractivity contribution in [2.45, 2.75) is 25.4 Å². The Morgan fingerprint density at radius 1 is 1.17 bits per heavy atom. The number of hydrogen-bond acceptors (Lipinski definition) is 5. The summed E-state index contributed by atoms with van der Waals surface area (Å²) in [7, 11) is 0. The molecule has 132 valence electrons. The van der Waals surface area contributed by atoms with Crippen LogP contribution in [0.3, 0.4) is 0 Å². The number of hydrogen-bond donors (Lipinski definition) is 1. The zero-order valence-corrected chi connectivity index (χ0v) is 14.8. The molecule has 1 aromatic carbocycles. The third-order valence-corrected chi connectivity index (χ3v) is 4.97. The Morgan fingerprint density at radius 3 is 2.54 bits per heavy atom. The third-order valence-electron chi connectivity index (χ3n) is 4.05. The highest BCUT2D eigenvalue weighted by Gasteiger charge is 2.23. The van der Waals surface area contributed by atoms with Gasteiger partial charge in [0, 0.05) is 25.3 Å². The number of carbonyl (C=O) groups excluding carboxylic acids is 2. The molecule has 24 heavy (non-hydrogen) atoms. The zero-order valence-electron chi connectivity index (χ0n) is 14.0. The Balaban J connectivity index is 1.62. The van der Waals surface area contributed by atoms with Crippen LogP contribution >= 0.6 is 11.8 Å². The minimum absolute atomic E-state index is 0.0698. The van der Waals surface area contributed by atoms with Crippen molar-refractivity contribution >= 4 is 23.5 Å². The van der Waals surface area contributed by atoms with Crippen LogP contribution in [0.1, 0.15) is 29.6 Å². The largest absolute Gasteiger partial charge is 0.378 e. The van der Waals surface area contributed by atoms with Gasteiger partial charge in [0.1, 0.15) is 0 Å². The van der Waals surface area contributed by atoms with Crippen molar-refractivity contribution in [3.8, 4) is 0 Å². The van der Waals surface area contributed by atoms with Crippen molar-refractivity contribution in [1.82, 2.24) is 4.90 Å². The molecule has 0 aromatic heterocycles. The Labute approximate surface area is 147 Å². The summed E-state index contributed by atoms with van der Waals surface area (Å²) in [6, 6.07) is 9.20. The zero-order chi connectivity index (χ0) is 17.2. The number of amides is 1. The summed E-state index contributed by atoms with van der Waals surface area (Å²) >= 11 is 1.39. The number of benzene rings is 1. The first-order valence-corrected chi connectivity index (χ1v) is 9.61. The van der Waals surface area contributed by atoms with Gasteiger partial charge in [0.15, 0.2) is 5.78 Å². The van der Waals surface area contributed by atoms with Gasteiger partial charge >= 0.3 is 0 Å². The molecule has 1 aliphatic heterocycles. The van der Waals surface area contributed by atoms with Gasteiger partial charge in [-0.05, 0) is 25.8 Å². The van der Waals surface area contributed by atoms with Crippen molar-refractivity contribution in [2.24, 2.45) is 5.73 Å². The summed E-state index contributed by atoms with van der Waals surface area (Å²) in [5, 5.41) is 0. The van der Waals surface area contributed by atoms with Crippen LogP contribution < -0.4 is 5.73 Å². The van der Waals surface area contributed by atoms with E-state index in [9.17, 15) is 9.59 Å². The van der Waals surface area contributed by atoms with E-state index in [4.69, 9.17) is 10.5 Å².